The molecule has 1 saturated heterocycles. The van der Waals surface area contributed by atoms with E-state index in [1.165, 1.54) is 17.2 Å². The molecule has 2 fully saturated rings. The molecule has 4 rings (SSSR count). The molecule has 1 saturated carbocycles. The molecule has 1 aliphatic heterocycles. The molecule has 0 aromatic carbocycles. The van der Waals surface area contributed by atoms with Gasteiger partial charge in [0.05, 0.1) is 6.33 Å². The zero-order valence-electron chi connectivity index (χ0n) is 12.4. The monoisotopic (exact) mass is 341 g/mol. The number of ether oxygens (including phenoxy) is 1. The summed E-state index contributed by atoms with van der Waals surface area (Å²) in [7, 11) is 0. The molecule has 1 aliphatic carbocycles. The van der Waals surface area contributed by atoms with E-state index in [0.717, 1.165) is 0 Å². The lowest BCUT2D eigenvalue weighted by Gasteiger charge is -2.28. The highest BCUT2D eigenvalue weighted by atomic mass is 35.5. The molecule has 3 heterocycles. The van der Waals surface area contributed by atoms with Crippen LogP contribution in [0.1, 0.15) is 20.1 Å². The van der Waals surface area contributed by atoms with Crippen molar-refractivity contribution in [1.29, 1.82) is 0 Å². The van der Waals surface area contributed by atoms with Crippen LogP contribution in [-0.4, -0.2) is 57.7 Å². The van der Waals surface area contributed by atoms with Crippen molar-refractivity contribution < 1.29 is 20.1 Å². The van der Waals surface area contributed by atoms with E-state index in [4.69, 9.17) is 22.1 Å². The Hall–Kier alpha value is -1.52. The number of nitrogens with zero attached hydrogens (tertiary/aromatic N) is 4. The number of aliphatic hydroxyl groups excluding tert-OH is 1. The Labute approximate surface area is 135 Å². The number of nitrogens with two attached hydrogens (primary N) is 1. The lowest BCUT2D eigenvalue weighted by Crippen LogP contribution is -2.40. The first kappa shape index (κ1) is 15.0. The molecule has 5 atom stereocenters. The fourth-order valence-electron chi connectivity index (χ4n) is 3.87. The Bertz CT molecular complexity index is 811. The van der Waals surface area contributed by atoms with E-state index in [1.807, 2.05) is 0 Å². The number of anilines is 1. The van der Waals surface area contributed by atoms with E-state index in [0.29, 0.717) is 11.2 Å². The molecular formula is C13H16ClN5O4. The van der Waals surface area contributed by atoms with Gasteiger partial charge in [0.1, 0.15) is 29.2 Å². The number of hydrogen-bond acceptors (Lipinski definition) is 8. The van der Waals surface area contributed by atoms with Crippen molar-refractivity contribution in [3.8, 4) is 0 Å². The van der Waals surface area contributed by atoms with Gasteiger partial charge in [0.2, 0.25) is 0 Å². The number of hydrogen-bond donors (Lipinski definition) is 4. The summed E-state index contributed by atoms with van der Waals surface area (Å²) >= 11 is 5.74. The molecule has 2 aromatic rings. The van der Waals surface area contributed by atoms with Gasteiger partial charge in [-0.1, -0.05) is 25.4 Å². The Morgan fingerprint density at radius 2 is 2.00 bits per heavy atom. The Kier molecular flexibility index (Phi) is 2.69. The predicted molar refractivity (Wildman–Crippen MR) is 79.2 cm³/mol. The van der Waals surface area contributed by atoms with Crippen LogP contribution in [0.25, 0.3) is 11.2 Å². The van der Waals surface area contributed by atoms with Gasteiger partial charge in [0.25, 0.3) is 0 Å². The SMILES string of the molecule is CC1(C)[C@]2(O)[C@H](n3cnc4c(N)ncnc43)O[C@H](C(O)Cl)[C@]12O. The molecule has 2 aliphatic rings. The summed E-state index contributed by atoms with van der Waals surface area (Å²) in [5.41, 5.74) is 0.694. The van der Waals surface area contributed by atoms with E-state index in [-0.39, 0.29) is 5.82 Å². The second kappa shape index (κ2) is 4.11. The van der Waals surface area contributed by atoms with Crippen molar-refractivity contribution in [3.05, 3.63) is 12.7 Å². The molecule has 0 spiro atoms. The van der Waals surface area contributed by atoms with Gasteiger partial charge in [0, 0.05) is 5.41 Å². The first-order valence-electron chi connectivity index (χ1n) is 7.03. The van der Waals surface area contributed by atoms with E-state index < -0.39 is 34.5 Å². The van der Waals surface area contributed by atoms with Gasteiger partial charge in [-0.3, -0.25) is 4.57 Å². The average molecular weight is 342 g/mol. The van der Waals surface area contributed by atoms with Crippen LogP contribution in [0.3, 0.4) is 0 Å². The number of imidazole rings is 1. The lowest BCUT2D eigenvalue weighted by molar-refractivity contribution is -0.131. The molecule has 9 nitrogen and oxygen atoms in total. The molecule has 2 aromatic heterocycles. The highest BCUT2D eigenvalue weighted by Crippen LogP contribution is 2.76. The van der Waals surface area contributed by atoms with E-state index >= 15 is 0 Å². The first-order chi connectivity index (χ1) is 10.7. The average Bonchev–Trinajstić information content (AvgIpc) is 2.86. The van der Waals surface area contributed by atoms with Gasteiger partial charge in [-0.15, -0.1) is 0 Å². The normalized spacial score (nSPS) is 39.4. The number of nitrogen functional groups attached to an aromatic ring is 1. The summed E-state index contributed by atoms with van der Waals surface area (Å²) in [5, 5.41) is 31.7. The van der Waals surface area contributed by atoms with Crippen LogP contribution in [-0.2, 0) is 4.74 Å². The van der Waals surface area contributed by atoms with Crippen LogP contribution in [0.2, 0.25) is 0 Å². The topological polar surface area (TPSA) is 140 Å². The molecular weight excluding hydrogens is 326 g/mol. The van der Waals surface area contributed by atoms with Crippen LogP contribution >= 0.6 is 11.6 Å². The van der Waals surface area contributed by atoms with Gasteiger partial charge in [-0.2, -0.15) is 0 Å². The van der Waals surface area contributed by atoms with E-state index in [9.17, 15) is 15.3 Å². The zero-order chi connectivity index (χ0) is 16.8. The fourth-order valence-corrected chi connectivity index (χ4v) is 4.12. The predicted octanol–water partition coefficient (Wildman–Crippen LogP) is -0.635. The third-order valence-electron chi connectivity index (χ3n) is 5.36. The van der Waals surface area contributed by atoms with Gasteiger partial charge >= 0.3 is 0 Å². The number of aromatic nitrogens is 4. The molecule has 23 heavy (non-hydrogen) atoms. The van der Waals surface area contributed by atoms with Crippen LogP contribution < -0.4 is 5.73 Å². The fraction of sp³-hybridized carbons (Fsp3) is 0.615. The summed E-state index contributed by atoms with van der Waals surface area (Å²) < 4.78 is 7.12. The number of aliphatic hydroxyl groups is 3. The minimum atomic E-state index is -1.69. The van der Waals surface area contributed by atoms with Crippen molar-refractivity contribution in [1.82, 2.24) is 19.5 Å². The summed E-state index contributed by atoms with van der Waals surface area (Å²) in [4.78, 5) is 12.1. The Balaban J connectivity index is 1.88. The molecule has 1 unspecified atom stereocenters. The molecule has 124 valence electrons. The van der Waals surface area contributed by atoms with Crippen LogP contribution in [0.5, 0.6) is 0 Å². The summed E-state index contributed by atoms with van der Waals surface area (Å²) in [5.74, 6) is 0.193. The van der Waals surface area contributed by atoms with Crippen molar-refractivity contribution in [2.24, 2.45) is 5.41 Å². The third-order valence-corrected chi connectivity index (χ3v) is 5.59. The van der Waals surface area contributed by atoms with Gasteiger partial charge < -0.3 is 25.8 Å². The minimum absolute atomic E-state index is 0.193. The standard InChI is InChI=1S/C13H16ClN5O4/c1-11(2)12(21)6(7(14)20)23-10(13(11,12)22)19-4-18-5-8(15)16-3-17-9(5)19/h3-4,6-7,10,20-22H,1-2H3,(H2,15,16,17)/t6-,7?,10-,12+,13-/m1/s1. The molecule has 5 N–H and O–H groups in total. The second-order valence-corrected chi connectivity index (χ2v) is 6.97. The third kappa shape index (κ3) is 1.41. The molecule has 0 bridgehead atoms. The van der Waals surface area contributed by atoms with Crippen LogP contribution in [0.4, 0.5) is 5.82 Å². The van der Waals surface area contributed by atoms with Crippen molar-refractivity contribution in [2.45, 2.75) is 42.9 Å². The second-order valence-electron chi connectivity index (χ2n) is 6.52. The van der Waals surface area contributed by atoms with Crippen LogP contribution in [0, 0.1) is 5.41 Å². The maximum Gasteiger partial charge on any atom is 0.169 e. The number of halogens is 1. The smallest absolute Gasteiger partial charge is 0.169 e. The Morgan fingerprint density at radius 1 is 1.30 bits per heavy atom. The largest absolute Gasteiger partial charge is 0.383 e. The summed E-state index contributed by atoms with van der Waals surface area (Å²) in [6.07, 6.45) is 0.481. The highest BCUT2D eigenvalue weighted by molar-refractivity contribution is 6.20. The summed E-state index contributed by atoms with van der Waals surface area (Å²) in [6.45, 7) is 3.36. The first-order valence-corrected chi connectivity index (χ1v) is 7.47. The van der Waals surface area contributed by atoms with Gasteiger partial charge in [-0.05, 0) is 0 Å². The number of rotatable bonds is 2. The molecule has 10 heteroatoms. The molecule has 0 amide bonds. The highest BCUT2D eigenvalue weighted by Gasteiger charge is 2.93. The quantitative estimate of drug-likeness (QED) is 0.529. The van der Waals surface area contributed by atoms with Crippen LogP contribution in [0.15, 0.2) is 12.7 Å². The maximum atomic E-state index is 11.1. The van der Waals surface area contributed by atoms with E-state index in [2.05, 4.69) is 15.0 Å². The molecule has 0 radical (unpaired) electrons. The maximum absolute atomic E-state index is 11.1. The number of fused-ring (bicyclic) bond motifs is 2. The summed E-state index contributed by atoms with van der Waals surface area (Å²) in [6, 6.07) is 0. The van der Waals surface area contributed by atoms with Gasteiger partial charge in [-0.25, -0.2) is 15.0 Å². The van der Waals surface area contributed by atoms with Crippen molar-refractivity contribution >= 4 is 28.6 Å². The van der Waals surface area contributed by atoms with Crippen molar-refractivity contribution in [3.63, 3.8) is 0 Å². The number of alkyl halides is 1. The Morgan fingerprint density at radius 3 is 2.61 bits per heavy atom. The minimum Gasteiger partial charge on any atom is -0.383 e. The zero-order valence-corrected chi connectivity index (χ0v) is 13.1. The van der Waals surface area contributed by atoms with Gasteiger partial charge in [0.15, 0.2) is 23.3 Å². The lowest BCUT2D eigenvalue weighted by atomic mass is 10.0. The van der Waals surface area contributed by atoms with Crippen molar-refractivity contribution in [2.75, 3.05) is 5.73 Å². The van der Waals surface area contributed by atoms with E-state index in [1.54, 1.807) is 13.8 Å².